The summed E-state index contributed by atoms with van der Waals surface area (Å²) >= 11 is 0. The van der Waals surface area contributed by atoms with Gasteiger partial charge in [-0.1, -0.05) is 24.3 Å². The fourth-order valence-corrected chi connectivity index (χ4v) is 4.13. The molecule has 6 nitrogen and oxygen atoms in total. The molecule has 3 aromatic rings. The maximum absolute atomic E-state index is 12.4. The summed E-state index contributed by atoms with van der Waals surface area (Å²) in [6, 6.07) is 12.4. The number of amides is 2. The maximum atomic E-state index is 12.4. The molecule has 0 atom stereocenters. The highest BCUT2D eigenvalue weighted by molar-refractivity contribution is 5.96. The monoisotopic (exact) mass is 388 g/mol. The number of nitrogens with zero attached hydrogens (tertiary/aromatic N) is 3. The first-order valence-corrected chi connectivity index (χ1v) is 10.3. The molecule has 0 radical (unpaired) electrons. The van der Waals surface area contributed by atoms with E-state index in [0.717, 1.165) is 72.9 Å². The highest BCUT2D eigenvalue weighted by Gasteiger charge is 2.30. The number of pyridine rings is 1. The molecule has 3 heterocycles. The number of aromatic amines is 1. The fourth-order valence-electron chi connectivity index (χ4n) is 4.13. The lowest BCUT2D eigenvalue weighted by Crippen LogP contribution is -2.29. The van der Waals surface area contributed by atoms with Crippen LogP contribution in [-0.4, -0.2) is 46.3 Å². The minimum Gasteiger partial charge on any atom is -0.346 e. The molecule has 0 bridgehead atoms. The molecule has 2 fully saturated rings. The molecule has 1 aromatic carbocycles. The van der Waals surface area contributed by atoms with Gasteiger partial charge in [0.1, 0.15) is 11.5 Å². The van der Waals surface area contributed by atoms with E-state index < -0.39 is 0 Å². The zero-order valence-corrected chi connectivity index (χ0v) is 16.3. The van der Waals surface area contributed by atoms with E-state index in [1.807, 2.05) is 35.4 Å². The zero-order chi connectivity index (χ0) is 19.8. The van der Waals surface area contributed by atoms with Crippen LogP contribution >= 0.6 is 0 Å². The maximum Gasteiger partial charge on any atom is 0.226 e. The number of nitrogens with one attached hydrogen (secondary N) is 1. The summed E-state index contributed by atoms with van der Waals surface area (Å²) in [5, 5.41) is 1.02. The van der Waals surface area contributed by atoms with Crippen LogP contribution in [0.5, 0.6) is 0 Å². The van der Waals surface area contributed by atoms with E-state index in [9.17, 15) is 9.59 Å². The molecule has 2 amide bonds. The van der Waals surface area contributed by atoms with E-state index in [1.165, 1.54) is 0 Å². The Morgan fingerprint density at radius 2 is 1.93 bits per heavy atom. The molecular weight excluding hydrogens is 364 g/mol. The lowest BCUT2D eigenvalue weighted by atomic mass is 10.0. The third-order valence-corrected chi connectivity index (χ3v) is 5.91. The highest BCUT2D eigenvalue weighted by atomic mass is 16.2. The molecule has 2 aliphatic rings. The molecule has 1 saturated heterocycles. The van der Waals surface area contributed by atoms with Crippen LogP contribution in [0.4, 0.5) is 5.82 Å². The Labute approximate surface area is 169 Å². The minimum atomic E-state index is 0.209. The van der Waals surface area contributed by atoms with Crippen molar-refractivity contribution < 1.29 is 9.59 Å². The van der Waals surface area contributed by atoms with Crippen LogP contribution in [0.2, 0.25) is 0 Å². The molecule has 1 aliphatic heterocycles. The fraction of sp³-hybridized carbons (Fsp3) is 0.348. The summed E-state index contributed by atoms with van der Waals surface area (Å²) in [7, 11) is 0. The van der Waals surface area contributed by atoms with E-state index in [2.05, 4.69) is 22.1 Å². The number of aromatic nitrogens is 2. The van der Waals surface area contributed by atoms with Gasteiger partial charge >= 0.3 is 0 Å². The number of fused-ring (bicyclic) bond motifs is 1. The van der Waals surface area contributed by atoms with Crippen molar-refractivity contribution >= 4 is 29.2 Å². The van der Waals surface area contributed by atoms with Gasteiger partial charge in [-0.15, -0.1) is 0 Å². The quantitative estimate of drug-likeness (QED) is 0.657. The summed E-state index contributed by atoms with van der Waals surface area (Å²) in [6.07, 6.45) is 7.47. The predicted molar refractivity (Wildman–Crippen MR) is 113 cm³/mol. The minimum absolute atomic E-state index is 0.209. The van der Waals surface area contributed by atoms with Crippen LogP contribution in [0.25, 0.3) is 22.2 Å². The van der Waals surface area contributed by atoms with Gasteiger partial charge in [0, 0.05) is 30.7 Å². The van der Waals surface area contributed by atoms with E-state index >= 15 is 0 Å². The van der Waals surface area contributed by atoms with E-state index in [-0.39, 0.29) is 11.9 Å². The van der Waals surface area contributed by atoms with Gasteiger partial charge < -0.3 is 9.88 Å². The van der Waals surface area contributed by atoms with Crippen molar-refractivity contribution in [2.24, 2.45) is 0 Å². The number of hydrogen-bond acceptors (Lipinski definition) is 3. The second-order valence-electron chi connectivity index (χ2n) is 7.97. The van der Waals surface area contributed by atoms with Crippen molar-refractivity contribution in [1.82, 2.24) is 14.9 Å². The number of benzene rings is 1. The van der Waals surface area contributed by atoms with Gasteiger partial charge in [0.2, 0.25) is 12.3 Å². The van der Waals surface area contributed by atoms with Gasteiger partial charge in [0.15, 0.2) is 0 Å². The van der Waals surface area contributed by atoms with Crippen LogP contribution in [0.3, 0.4) is 0 Å². The summed E-state index contributed by atoms with van der Waals surface area (Å²) in [6.45, 7) is 1.77. The van der Waals surface area contributed by atoms with Crippen LogP contribution in [-0.2, 0) is 16.0 Å². The first kappa shape index (κ1) is 17.9. The first-order chi connectivity index (χ1) is 14.2. The largest absolute Gasteiger partial charge is 0.346 e. The molecular formula is C23H24N4O2. The van der Waals surface area contributed by atoms with Gasteiger partial charge in [-0.3, -0.25) is 14.5 Å². The molecule has 5 rings (SSSR count). The van der Waals surface area contributed by atoms with Gasteiger partial charge in [-0.25, -0.2) is 4.98 Å². The second kappa shape index (κ2) is 7.35. The molecule has 1 aliphatic carbocycles. The Balaban J connectivity index is 1.44. The number of anilines is 1. The van der Waals surface area contributed by atoms with Crippen LogP contribution < -0.4 is 4.90 Å². The SMILES string of the molecule is O=CN(c1cc(-c2ccc(CC(=O)N3CCCC3)cc2)c2cc[nH]c2n1)C1CC1. The first-order valence-electron chi connectivity index (χ1n) is 10.3. The zero-order valence-electron chi connectivity index (χ0n) is 16.3. The van der Waals surface area contributed by atoms with Crippen molar-refractivity contribution in [3.05, 3.63) is 48.2 Å². The average Bonchev–Trinajstić information content (AvgIpc) is 3.21. The van der Waals surface area contributed by atoms with Crippen LogP contribution in [0.1, 0.15) is 31.2 Å². The van der Waals surface area contributed by atoms with Crippen molar-refractivity contribution in [2.45, 2.75) is 38.1 Å². The molecule has 6 heteroatoms. The topological polar surface area (TPSA) is 69.3 Å². The van der Waals surface area contributed by atoms with Gasteiger partial charge in [0.05, 0.1) is 6.42 Å². The van der Waals surface area contributed by atoms with Crippen molar-refractivity contribution in [3.8, 4) is 11.1 Å². The van der Waals surface area contributed by atoms with E-state index in [0.29, 0.717) is 12.2 Å². The number of hydrogen-bond donors (Lipinski definition) is 1. The summed E-state index contributed by atoms with van der Waals surface area (Å²) in [5.74, 6) is 0.890. The Morgan fingerprint density at radius 1 is 1.17 bits per heavy atom. The molecule has 0 unspecified atom stereocenters. The Kier molecular flexibility index (Phi) is 4.54. The van der Waals surface area contributed by atoms with E-state index in [1.54, 1.807) is 4.90 Å². The Morgan fingerprint density at radius 3 is 2.62 bits per heavy atom. The molecule has 1 saturated carbocycles. The average molecular weight is 388 g/mol. The number of H-pyrrole nitrogens is 1. The summed E-state index contributed by atoms with van der Waals surface area (Å²) < 4.78 is 0. The normalized spacial score (nSPS) is 16.3. The third-order valence-electron chi connectivity index (χ3n) is 5.91. The Hall–Kier alpha value is -3.15. The lowest BCUT2D eigenvalue weighted by Gasteiger charge is -2.17. The molecule has 1 N–H and O–H groups in total. The predicted octanol–water partition coefficient (Wildman–Crippen LogP) is 3.52. The smallest absolute Gasteiger partial charge is 0.226 e. The van der Waals surface area contributed by atoms with Gasteiger partial charge in [-0.2, -0.15) is 0 Å². The molecule has 29 heavy (non-hydrogen) atoms. The van der Waals surface area contributed by atoms with Crippen molar-refractivity contribution in [3.63, 3.8) is 0 Å². The van der Waals surface area contributed by atoms with Crippen molar-refractivity contribution in [2.75, 3.05) is 18.0 Å². The Bertz CT molecular complexity index is 1050. The number of carbonyl (C=O) groups excluding carboxylic acids is 2. The lowest BCUT2D eigenvalue weighted by molar-refractivity contribution is -0.129. The molecule has 0 spiro atoms. The number of likely N-dealkylation sites (tertiary alicyclic amines) is 1. The van der Waals surface area contributed by atoms with Crippen molar-refractivity contribution in [1.29, 1.82) is 0 Å². The molecule has 2 aromatic heterocycles. The van der Waals surface area contributed by atoms with Gasteiger partial charge in [-0.05, 0) is 54.5 Å². The standard InChI is InChI=1S/C23H24N4O2/c28-15-27(18-7-8-18)21-14-20(19-9-10-24-23(19)25-21)17-5-3-16(4-6-17)13-22(29)26-11-1-2-12-26/h3-6,9-10,14-15,18H,1-2,7-8,11-13H2,(H,24,25). The number of rotatable bonds is 6. The van der Waals surface area contributed by atoms with Crippen LogP contribution in [0.15, 0.2) is 42.6 Å². The number of carbonyl (C=O) groups is 2. The second-order valence-corrected chi connectivity index (χ2v) is 7.97. The highest BCUT2D eigenvalue weighted by Crippen LogP contribution is 2.35. The van der Waals surface area contributed by atoms with Gasteiger partial charge in [0.25, 0.3) is 0 Å². The van der Waals surface area contributed by atoms with E-state index in [4.69, 9.17) is 0 Å². The summed E-state index contributed by atoms with van der Waals surface area (Å²) in [4.78, 5) is 35.5. The molecule has 148 valence electrons. The van der Waals surface area contributed by atoms with Crippen LogP contribution in [0, 0.1) is 0 Å². The third kappa shape index (κ3) is 3.50. The summed E-state index contributed by atoms with van der Waals surface area (Å²) in [5.41, 5.74) is 3.89.